The first-order chi connectivity index (χ1) is 13.3. The Morgan fingerprint density at radius 1 is 1.29 bits per heavy atom. The number of alkyl halides is 3. The lowest BCUT2D eigenvalue weighted by Crippen LogP contribution is -2.41. The van der Waals surface area contributed by atoms with Crippen LogP contribution in [0.5, 0.6) is 0 Å². The normalized spacial score (nSPS) is 18.0. The second-order valence-electron chi connectivity index (χ2n) is 7.05. The standard InChI is InChI=1S/C18H19F3N6O/c1-11-14(9-22-25(11)2)17(28)26-7-3-4-13(10-26)27-16-6-5-12(18(19,20)21)8-15(16)23-24-27/h5-6,8-9,13H,3-4,7,10H2,1-2H3/t13-/m0/s1. The molecule has 1 fully saturated rings. The van der Waals surface area contributed by atoms with E-state index in [-0.39, 0.29) is 17.5 Å². The number of nitrogens with zero attached hydrogens (tertiary/aromatic N) is 6. The minimum Gasteiger partial charge on any atom is -0.336 e. The van der Waals surface area contributed by atoms with Gasteiger partial charge in [-0.1, -0.05) is 5.21 Å². The molecule has 7 nitrogen and oxygen atoms in total. The maximum absolute atomic E-state index is 12.9. The van der Waals surface area contributed by atoms with Crippen molar-refractivity contribution in [2.24, 2.45) is 7.05 Å². The molecule has 0 radical (unpaired) electrons. The van der Waals surface area contributed by atoms with E-state index in [1.807, 2.05) is 6.92 Å². The second kappa shape index (κ2) is 6.61. The van der Waals surface area contributed by atoms with Gasteiger partial charge in [0, 0.05) is 25.8 Å². The van der Waals surface area contributed by atoms with Crippen LogP contribution >= 0.6 is 0 Å². The summed E-state index contributed by atoms with van der Waals surface area (Å²) in [5.74, 6) is -0.0981. The van der Waals surface area contributed by atoms with Gasteiger partial charge in [-0.15, -0.1) is 5.10 Å². The largest absolute Gasteiger partial charge is 0.416 e. The average molecular weight is 392 g/mol. The van der Waals surface area contributed by atoms with Gasteiger partial charge in [-0.05, 0) is 38.0 Å². The summed E-state index contributed by atoms with van der Waals surface area (Å²) in [4.78, 5) is 14.6. The quantitative estimate of drug-likeness (QED) is 0.672. The Kier molecular flexibility index (Phi) is 4.35. The van der Waals surface area contributed by atoms with Gasteiger partial charge >= 0.3 is 6.18 Å². The Morgan fingerprint density at radius 2 is 2.07 bits per heavy atom. The summed E-state index contributed by atoms with van der Waals surface area (Å²) < 4.78 is 42.0. The molecular weight excluding hydrogens is 373 g/mol. The fraction of sp³-hybridized carbons (Fsp3) is 0.444. The van der Waals surface area contributed by atoms with E-state index in [9.17, 15) is 18.0 Å². The van der Waals surface area contributed by atoms with Crippen LogP contribution in [0, 0.1) is 6.92 Å². The van der Waals surface area contributed by atoms with Crippen LogP contribution in [0.15, 0.2) is 24.4 Å². The van der Waals surface area contributed by atoms with Crippen molar-refractivity contribution >= 4 is 16.9 Å². The fourth-order valence-electron chi connectivity index (χ4n) is 3.61. The third-order valence-electron chi connectivity index (χ3n) is 5.29. The molecule has 1 aromatic carbocycles. The third-order valence-corrected chi connectivity index (χ3v) is 5.29. The summed E-state index contributed by atoms with van der Waals surface area (Å²) in [5, 5.41) is 12.1. The number of aryl methyl sites for hydroxylation is 1. The van der Waals surface area contributed by atoms with E-state index < -0.39 is 11.7 Å². The van der Waals surface area contributed by atoms with Gasteiger partial charge in [-0.25, -0.2) is 4.68 Å². The molecule has 3 heterocycles. The lowest BCUT2D eigenvalue weighted by atomic mass is 10.0. The molecule has 1 saturated heterocycles. The predicted octanol–water partition coefficient (Wildman–Crippen LogP) is 2.97. The van der Waals surface area contributed by atoms with Gasteiger partial charge in [0.25, 0.3) is 5.91 Å². The zero-order valence-corrected chi connectivity index (χ0v) is 15.4. The molecule has 28 heavy (non-hydrogen) atoms. The maximum atomic E-state index is 12.9. The van der Waals surface area contributed by atoms with Crippen LogP contribution in [0.25, 0.3) is 11.0 Å². The first kappa shape index (κ1) is 18.5. The predicted molar refractivity (Wildman–Crippen MR) is 94.6 cm³/mol. The Morgan fingerprint density at radius 3 is 2.75 bits per heavy atom. The summed E-state index contributed by atoms with van der Waals surface area (Å²) in [5.41, 5.74) is 1.32. The maximum Gasteiger partial charge on any atom is 0.416 e. The van der Waals surface area contributed by atoms with Crippen LogP contribution in [-0.4, -0.2) is 48.7 Å². The number of halogens is 3. The highest BCUT2D eigenvalue weighted by molar-refractivity contribution is 5.95. The van der Waals surface area contributed by atoms with E-state index in [0.29, 0.717) is 24.2 Å². The number of aromatic nitrogens is 5. The van der Waals surface area contributed by atoms with Crippen molar-refractivity contribution in [2.75, 3.05) is 13.1 Å². The van der Waals surface area contributed by atoms with Crippen LogP contribution in [0.2, 0.25) is 0 Å². The first-order valence-electron chi connectivity index (χ1n) is 8.95. The molecule has 0 unspecified atom stereocenters. The molecule has 148 valence electrons. The number of carbonyl (C=O) groups is 1. The lowest BCUT2D eigenvalue weighted by Gasteiger charge is -2.32. The van der Waals surface area contributed by atoms with E-state index in [1.165, 1.54) is 6.07 Å². The molecule has 0 spiro atoms. The summed E-state index contributed by atoms with van der Waals surface area (Å²) in [6, 6.07) is 3.29. The van der Waals surface area contributed by atoms with Gasteiger partial charge in [0.1, 0.15) is 5.52 Å². The third kappa shape index (κ3) is 3.12. The molecular formula is C18H19F3N6O. The molecule has 1 amide bonds. The molecule has 0 saturated carbocycles. The van der Waals surface area contributed by atoms with E-state index in [0.717, 1.165) is 30.7 Å². The van der Waals surface area contributed by atoms with Crippen molar-refractivity contribution in [2.45, 2.75) is 32.0 Å². The number of benzene rings is 1. The molecule has 0 aliphatic carbocycles. The van der Waals surface area contributed by atoms with Gasteiger partial charge in [-0.2, -0.15) is 18.3 Å². The lowest BCUT2D eigenvalue weighted by molar-refractivity contribution is -0.137. The molecule has 2 aromatic heterocycles. The minimum atomic E-state index is -4.42. The van der Waals surface area contributed by atoms with Crippen LogP contribution < -0.4 is 0 Å². The molecule has 3 aromatic rings. The smallest absolute Gasteiger partial charge is 0.336 e. The number of piperidine rings is 1. The summed E-state index contributed by atoms with van der Waals surface area (Å²) >= 11 is 0. The SMILES string of the molecule is Cc1c(C(=O)N2CCC[C@H](n3nnc4cc(C(F)(F)F)ccc43)C2)cnn1C. The number of carbonyl (C=O) groups excluding carboxylic acids is 1. The zero-order valence-electron chi connectivity index (χ0n) is 15.4. The topological polar surface area (TPSA) is 68.8 Å². The number of amides is 1. The zero-order chi connectivity index (χ0) is 20.1. The van der Waals surface area contributed by atoms with Crippen molar-refractivity contribution in [1.82, 2.24) is 29.7 Å². The van der Waals surface area contributed by atoms with Gasteiger partial charge < -0.3 is 4.90 Å². The number of hydrogen-bond donors (Lipinski definition) is 0. The number of likely N-dealkylation sites (tertiary alicyclic amines) is 1. The van der Waals surface area contributed by atoms with Crippen molar-refractivity contribution in [3.05, 3.63) is 41.2 Å². The van der Waals surface area contributed by atoms with Crippen LogP contribution in [0.1, 0.15) is 40.5 Å². The number of rotatable bonds is 2. The van der Waals surface area contributed by atoms with Crippen LogP contribution in [0.3, 0.4) is 0 Å². The Bertz CT molecular complexity index is 1040. The Hall–Kier alpha value is -2.91. The molecule has 1 aliphatic rings. The first-order valence-corrected chi connectivity index (χ1v) is 8.95. The second-order valence-corrected chi connectivity index (χ2v) is 7.05. The minimum absolute atomic E-state index is 0.0981. The molecule has 1 aliphatic heterocycles. The molecule has 1 atom stereocenters. The highest BCUT2D eigenvalue weighted by Crippen LogP contribution is 2.32. The molecule has 0 bridgehead atoms. The summed E-state index contributed by atoms with van der Waals surface area (Å²) in [6.45, 7) is 2.88. The van der Waals surface area contributed by atoms with Crippen molar-refractivity contribution in [3.63, 3.8) is 0 Å². The Labute approximate surface area is 158 Å². The van der Waals surface area contributed by atoms with Crippen molar-refractivity contribution < 1.29 is 18.0 Å². The monoisotopic (exact) mass is 392 g/mol. The Balaban J connectivity index is 1.59. The van der Waals surface area contributed by atoms with Gasteiger partial charge in [-0.3, -0.25) is 9.48 Å². The highest BCUT2D eigenvalue weighted by atomic mass is 19.4. The fourth-order valence-corrected chi connectivity index (χ4v) is 3.61. The number of hydrogen-bond acceptors (Lipinski definition) is 4. The van der Waals surface area contributed by atoms with Gasteiger partial charge in [0.2, 0.25) is 0 Å². The van der Waals surface area contributed by atoms with Crippen LogP contribution in [-0.2, 0) is 13.2 Å². The van der Waals surface area contributed by atoms with E-state index in [1.54, 1.807) is 27.5 Å². The molecule has 4 rings (SSSR count). The molecule has 10 heteroatoms. The average Bonchev–Trinajstić information content (AvgIpc) is 3.24. The van der Waals surface area contributed by atoms with E-state index in [4.69, 9.17) is 0 Å². The van der Waals surface area contributed by atoms with Crippen molar-refractivity contribution in [1.29, 1.82) is 0 Å². The van der Waals surface area contributed by atoms with Crippen molar-refractivity contribution in [3.8, 4) is 0 Å². The summed E-state index contributed by atoms with van der Waals surface area (Å²) in [6.07, 6.45) is -1.31. The summed E-state index contributed by atoms with van der Waals surface area (Å²) in [7, 11) is 1.78. The van der Waals surface area contributed by atoms with E-state index in [2.05, 4.69) is 15.4 Å². The molecule has 0 N–H and O–H groups in total. The van der Waals surface area contributed by atoms with E-state index >= 15 is 0 Å². The van der Waals surface area contributed by atoms with Crippen LogP contribution in [0.4, 0.5) is 13.2 Å². The van der Waals surface area contributed by atoms with Gasteiger partial charge in [0.15, 0.2) is 0 Å². The van der Waals surface area contributed by atoms with Gasteiger partial charge in [0.05, 0.1) is 28.9 Å². The highest BCUT2D eigenvalue weighted by Gasteiger charge is 2.32. The number of fused-ring (bicyclic) bond motifs is 1.